The van der Waals surface area contributed by atoms with Crippen molar-refractivity contribution in [2.45, 2.75) is 13.3 Å². The average molecular weight is 355 g/mol. The summed E-state index contributed by atoms with van der Waals surface area (Å²) >= 11 is 1.47. The molecule has 0 atom stereocenters. The fourth-order valence-electron chi connectivity index (χ4n) is 1.93. The van der Waals surface area contributed by atoms with Crippen molar-refractivity contribution in [2.75, 3.05) is 32.5 Å². The van der Waals surface area contributed by atoms with Crippen molar-refractivity contribution in [3.05, 3.63) is 29.8 Å². The third-order valence-corrected chi connectivity index (χ3v) is 3.95. The van der Waals surface area contributed by atoms with Gasteiger partial charge in [0, 0.05) is 12.1 Å². The van der Waals surface area contributed by atoms with Crippen molar-refractivity contribution in [3.63, 3.8) is 0 Å². The molecule has 1 aromatic carbocycles. The molecule has 0 saturated carbocycles. The number of hydrogen-bond acceptors (Lipinski definition) is 5. The van der Waals surface area contributed by atoms with Gasteiger partial charge in [-0.15, -0.1) is 22.6 Å². The van der Waals surface area contributed by atoms with Crippen LogP contribution >= 0.6 is 23.7 Å². The Balaban J connectivity index is 0.00000264. The van der Waals surface area contributed by atoms with Crippen molar-refractivity contribution < 1.29 is 0 Å². The van der Waals surface area contributed by atoms with Crippen LogP contribution in [0, 0.1) is 6.92 Å². The molecule has 0 saturated heterocycles. The van der Waals surface area contributed by atoms with E-state index in [9.17, 15) is 0 Å². The first-order valence-electron chi connectivity index (χ1n) is 7.17. The Morgan fingerprint density at radius 2 is 2.04 bits per heavy atom. The molecule has 3 N–H and O–H groups in total. The number of guanidine groups is 1. The lowest BCUT2D eigenvalue weighted by molar-refractivity contribution is 0.403. The molecule has 23 heavy (non-hydrogen) atoms. The maximum atomic E-state index is 5.86. The summed E-state index contributed by atoms with van der Waals surface area (Å²) in [6.45, 7) is 3.75. The van der Waals surface area contributed by atoms with E-state index in [0.29, 0.717) is 17.6 Å². The number of nitrogens with two attached hydrogens (primary N) is 1. The van der Waals surface area contributed by atoms with Gasteiger partial charge in [-0.2, -0.15) is 0 Å². The molecule has 0 aliphatic carbocycles. The second kappa shape index (κ2) is 9.44. The first kappa shape index (κ1) is 19.3. The van der Waals surface area contributed by atoms with Crippen molar-refractivity contribution in [3.8, 4) is 10.6 Å². The lowest BCUT2D eigenvalue weighted by Crippen LogP contribution is -2.23. The lowest BCUT2D eigenvalue weighted by atomic mass is 10.1. The molecule has 0 aliphatic rings. The molecule has 0 radical (unpaired) electrons. The lowest BCUT2D eigenvalue weighted by Gasteiger charge is -2.07. The van der Waals surface area contributed by atoms with Gasteiger partial charge in [-0.1, -0.05) is 35.6 Å². The minimum Gasteiger partial charge on any atom is -0.370 e. The summed E-state index contributed by atoms with van der Waals surface area (Å²) in [7, 11) is 4.08. The normalized spacial score (nSPS) is 11.4. The number of hydrogen-bond donors (Lipinski definition) is 2. The van der Waals surface area contributed by atoms with E-state index in [1.165, 1.54) is 16.9 Å². The molecule has 0 amide bonds. The van der Waals surface area contributed by atoms with Gasteiger partial charge in [0.2, 0.25) is 5.13 Å². The molecule has 2 aromatic rings. The number of anilines is 1. The van der Waals surface area contributed by atoms with Gasteiger partial charge in [-0.25, -0.2) is 0 Å². The average Bonchev–Trinajstić information content (AvgIpc) is 2.92. The fourth-order valence-corrected chi connectivity index (χ4v) is 2.77. The summed E-state index contributed by atoms with van der Waals surface area (Å²) < 4.78 is 0. The molecule has 0 spiro atoms. The van der Waals surface area contributed by atoms with Gasteiger partial charge >= 0.3 is 0 Å². The van der Waals surface area contributed by atoms with Crippen LogP contribution < -0.4 is 11.1 Å². The summed E-state index contributed by atoms with van der Waals surface area (Å²) in [6.07, 6.45) is 0.972. The minimum absolute atomic E-state index is 0. The van der Waals surface area contributed by atoms with Gasteiger partial charge in [-0.3, -0.25) is 4.99 Å². The Morgan fingerprint density at radius 1 is 1.30 bits per heavy atom. The molecular weight excluding hydrogens is 332 g/mol. The molecule has 1 heterocycles. The molecular formula is C15H23ClN6S. The number of halogens is 1. The number of nitrogens with zero attached hydrogens (tertiary/aromatic N) is 4. The summed E-state index contributed by atoms with van der Waals surface area (Å²) in [6, 6.07) is 8.11. The number of aliphatic imine (C=N–C) groups is 1. The largest absolute Gasteiger partial charge is 0.370 e. The summed E-state index contributed by atoms with van der Waals surface area (Å²) in [5, 5.41) is 12.9. The molecule has 0 unspecified atom stereocenters. The Hall–Kier alpha value is -1.70. The van der Waals surface area contributed by atoms with E-state index in [1.54, 1.807) is 0 Å². The summed E-state index contributed by atoms with van der Waals surface area (Å²) in [5.41, 5.74) is 8.13. The Kier molecular flexibility index (Phi) is 7.94. The topological polar surface area (TPSA) is 79.4 Å². The van der Waals surface area contributed by atoms with Crippen LogP contribution in [0.5, 0.6) is 0 Å². The second-order valence-electron chi connectivity index (χ2n) is 5.28. The molecule has 2 rings (SSSR count). The van der Waals surface area contributed by atoms with E-state index in [4.69, 9.17) is 5.73 Å². The van der Waals surface area contributed by atoms with Crippen LogP contribution in [0.15, 0.2) is 29.3 Å². The van der Waals surface area contributed by atoms with Crippen molar-refractivity contribution in [2.24, 2.45) is 10.7 Å². The summed E-state index contributed by atoms with van der Waals surface area (Å²) in [4.78, 5) is 6.41. The van der Waals surface area contributed by atoms with E-state index in [1.807, 2.05) is 32.3 Å². The highest BCUT2D eigenvalue weighted by Gasteiger charge is 2.09. The highest BCUT2D eigenvalue weighted by molar-refractivity contribution is 7.18. The zero-order valence-electron chi connectivity index (χ0n) is 13.6. The van der Waals surface area contributed by atoms with Crippen LogP contribution in [-0.2, 0) is 0 Å². The highest BCUT2D eigenvalue weighted by atomic mass is 35.5. The first-order chi connectivity index (χ1) is 10.6. The van der Waals surface area contributed by atoms with E-state index in [2.05, 4.69) is 38.4 Å². The fraction of sp³-hybridized carbons (Fsp3) is 0.400. The monoisotopic (exact) mass is 354 g/mol. The maximum Gasteiger partial charge on any atom is 0.212 e. The highest BCUT2D eigenvalue weighted by Crippen LogP contribution is 2.28. The standard InChI is InChI=1S/C15H22N6S.ClH/c1-11-7-4-5-8-12(11)13-19-20-15(22-13)18-14(16)17-9-6-10-21(2)3;/h4-5,7-8H,6,9-10H2,1-3H3,(H3,16,17,18,20);1H. The molecule has 8 heteroatoms. The Bertz CT molecular complexity index is 640. The van der Waals surface area contributed by atoms with E-state index >= 15 is 0 Å². The summed E-state index contributed by atoms with van der Waals surface area (Å²) in [5.74, 6) is 0.381. The van der Waals surface area contributed by atoms with Crippen LogP contribution in [0.4, 0.5) is 5.13 Å². The van der Waals surface area contributed by atoms with Crippen molar-refractivity contribution >= 4 is 34.8 Å². The minimum atomic E-state index is 0. The molecule has 6 nitrogen and oxygen atoms in total. The molecule has 0 bridgehead atoms. The van der Waals surface area contributed by atoms with Crippen LogP contribution in [0.1, 0.15) is 12.0 Å². The predicted molar refractivity (Wildman–Crippen MR) is 101 cm³/mol. The van der Waals surface area contributed by atoms with Crippen LogP contribution in [0.3, 0.4) is 0 Å². The SMILES string of the molecule is Cc1ccccc1-c1nnc(NC(N)=NCCCN(C)C)s1.Cl. The Labute approximate surface area is 147 Å². The van der Waals surface area contributed by atoms with Gasteiger partial charge in [0.25, 0.3) is 0 Å². The maximum absolute atomic E-state index is 5.86. The van der Waals surface area contributed by atoms with Crippen molar-refractivity contribution in [1.82, 2.24) is 15.1 Å². The van der Waals surface area contributed by atoms with Crippen LogP contribution in [0.2, 0.25) is 0 Å². The van der Waals surface area contributed by atoms with Crippen LogP contribution in [-0.4, -0.2) is 48.2 Å². The second-order valence-corrected chi connectivity index (χ2v) is 6.25. The van der Waals surface area contributed by atoms with Gasteiger partial charge < -0.3 is 16.0 Å². The zero-order chi connectivity index (χ0) is 15.9. The molecule has 0 fully saturated rings. The zero-order valence-corrected chi connectivity index (χ0v) is 15.2. The van der Waals surface area contributed by atoms with Gasteiger partial charge in [-0.05, 0) is 39.5 Å². The predicted octanol–water partition coefficient (Wildman–Crippen LogP) is 2.61. The van der Waals surface area contributed by atoms with E-state index < -0.39 is 0 Å². The molecule has 1 aromatic heterocycles. The van der Waals surface area contributed by atoms with Gasteiger partial charge in [0.15, 0.2) is 5.96 Å². The quantitative estimate of drug-likeness (QED) is 0.473. The number of rotatable bonds is 6. The third-order valence-electron chi connectivity index (χ3n) is 3.08. The van der Waals surface area contributed by atoms with E-state index in [0.717, 1.165) is 23.5 Å². The third kappa shape index (κ3) is 6.13. The van der Waals surface area contributed by atoms with Gasteiger partial charge in [0.1, 0.15) is 5.01 Å². The van der Waals surface area contributed by atoms with Gasteiger partial charge in [0.05, 0.1) is 0 Å². The van der Waals surface area contributed by atoms with Crippen molar-refractivity contribution in [1.29, 1.82) is 0 Å². The molecule has 126 valence electrons. The number of aryl methyl sites for hydroxylation is 1. The Morgan fingerprint density at radius 3 is 2.74 bits per heavy atom. The van der Waals surface area contributed by atoms with Crippen LogP contribution in [0.25, 0.3) is 10.6 Å². The number of nitrogens with one attached hydrogen (secondary N) is 1. The molecule has 0 aliphatic heterocycles. The number of benzene rings is 1. The number of aromatic nitrogens is 2. The van der Waals surface area contributed by atoms with E-state index in [-0.39, 0.29) is 12.4 Å². The smallest absolute Gasteiger partial charge is 0.212 e. The first-order valence-corrected chi connectivity index (χ1v) is 7.99.